The van der Waals surface area contributed by atoms with Crippen LogP contribution in [0.15, 0.2) is 88.7 Å². The van der Waals surface area contributed by atoms with Crippen LogP contribution in [0.25, 0.3) is 11.1 Å². The van der Waals surface area contributed by atoms with Crippen LogP contribution in [-0.2, 0) is 9.59 Å². The van der Waals surface area contributed by atoms with Crippen molar-refractivity contribution in [2.45, 2.75) is 16.2 Å². The van der Waals surface area contributed by atoms with Crippen LogP contribution in [0.4, 0.5) is 5.69 Å². The fraction of sp³-hybridized carbons (Fsp3) is 0.115. The quantitative estimate of drug-likeness (QED) is 0.371. The fourth-order valence-corrected chi connectivity index (χ4v) is 7.38. The zero-order valence-corrected chi connectivity index (χ0v) is 20.0. The minimum Gasteiger partial charge on any atom is -0.307 e. The standard InChI is InChI=1S/C26H17ClN2O3S2/c27-17-10-12-18(13-11-17)29-24(30)20-19(21-23(28-26(32)34-21)33-22(20)25(29)31)16-8-6-15(7-9-16)14-4-2-1-3-5-14/h1-13,19-20,22H,(H,28,32)/t19-,20-,22+/m0/s1. The molecule has 3 aromatic carbocycles. The zero-order chi connectivity index (χ0) is 23.4. The van der Waals surface area contributed by atoms with E-state index in [0.29, 0.717) is 15.7 Å². The van der Waals surface area contributed by atoms with E-state index in [9.17, 15) is 14.4 Å². The van der Waals surface area contributed by atoms with Gasteiger partial charge in [0.15, 0.2) is 0 Å². The zero-order valence-electron chi connectivity index (χ0n) is 17.6. The summed E-state index contributed by atoms with van der Waals surface area (Å²) in [4.78, 5) is 44.1. The number of thioether (sulfide) groups is 1. The third-order valence-electron chi connectivity index (χ3n) is 6.29. The maximum Gasteiger partial charge on any atom is 0.305 e. The summed E-state index contributed by atoms with van der Waals surface area (Å²) >= 11 is 8.40. The lowest BCUT2D eigenvalue weighted by Crippen LogP contribution is -2.32. The average molecular weight is 505 g/mol. The van der Waals surface area contributed by atoms with Gasteiger partial charge in [0.2, 0.25) is 11.8 Å². The van der Waals surface area contributed by atoms with Gasteiger partial charge < -0.3 is 4.98 Å². The minimum atomic E-state index is -0.611. The van der Waals surface area contributed by atoms with Gasteiger partial charge in [-0.2, -0.15) is 0 Å². The molecule has 2 aliphatic rings. The molecule has 3 heterocycles. The van der Waals surface area contributed by atoms with Crippen LogP contribution in [0.5, 0.6) is 0 Å². The molecule has 8 heteroatoms. The number of anilines is 1. The second-order valence-electron chi connectivity index (χ2n) is 8.23. The van der Waals surface area contributed by atoms with Crippen molar-refractivity contribution in [3.63, 3.8) is 0 Å². The molecule has 0 radical (unpaired) electrons. The molecule has 0 bridgehead atoms. The van der Waals surface area contributed by atoms with Crippen LogP contribution in [0.1, 0.15) is 16.4 Å². The van der Waals surface area contributed by atoms with Gasteiger partial charge in [0, 0.05) is 15.8 Å². The monoisotopic (exact) mass is 504 g/mol. The molecule has 2 amide bonds. The molecular weight excluding hydrogens is 488 g/mol. The van der Waals surface area contributed by atoms with Crippen molar-refractivity contribution in [2.24, 2.45) is 5.92 Å². The van der Waals surface area contributed by atoms with Crippen LogP contribution in [0.2, 0.25) is 5.02 Å². The maximum atomic E-state index is 13.7. The summed E-state index contributed by atoms with van der Waals surface area (Å²) in [5, 5.41) is 0.595. The Morgan fingerprint density at radius 2 is 1.47 bits per heavy atom. The summed E-state index contributed by atoms with van der Waals surface area (Å²) in [6.45, 7) is 0. The van der Waals surface area contributed by atoms with Crippen LogP contribution >= 0.6 is 34.7 Å². The summed E-state index contributed by atoms with van der Waals surface area (Å²) in [7, 11) is 0. The smallest absolute Gasteiger partial charge is 0.305 e. The van der Waals surface area contributed by atoms with E-state index in [0.717, 1.165) is 32.9 Å². The number of amides is 2. The second kappa shape index (κ2) is 8.27. The summed E-state index contributed by atoms with van der Waals surface area (Å²) in [6, 6.07) is 24.8. The first-order chi connectivity index (χ1) is 16.5. The Hall–Kier alpha value is -3.13. The highest BCUT2D eigenvalue weighted by Gasteiger charge is 2.56. The first-order valence-electron chi connectivity index (χ1n) is 10.7. The molecular formula is C26H17ClN2O3S2. The summed E-state index contributed by atoms with van der Waals surface area (Å²) in [5.74, 6) is -1.52. The molecule has 6 rings (SSSR count). The topological polar surface area (TPSA) is 70.2 Å². The predicted octanol–water partition coefficient (Wildman–Crippen LogP) is 5.55. The van der Waals surface area contributed by atoms with Gasteiger partial charge in [-0.05, 0) is 41.0 Å². The van der Waals surface area contributed by atoms with Gasteiger partial charge in [-0.1, -0.05) is 89.3 Å². The number of thiazole rings is 1. The molecule has 5 nitrogen and oxygen atoms in total. The normalized spacial score (nSPS) is 21.4. The molecule has 0 spiro atoms. The summed E-state index contributed by atoms with van der Waals surface area (Å²) < 4.78 is 0. The van der Waals surface area contributed by atoms with E-state index in [2.05, 4.69) is 4.98 Å². The van der Waals surface area contributed by atoms with E-state index in [1.165, 1.54) is 16.7 Å². The molecule has 1 saturated heterocycles. The SMILES string of the molecule is O=C1[C@H]2[C@H](c3ccc(-c4ccccc4)cc3)c3sc(=O)[nH]c3S[C@H]2C(=O)N1c1ccc(Cl)cc1. The van der Waals surface area contributed by atoms with Crippen molar-refractivity contribution in [3.05, 3.63) is 104 Å². The first-order valence-corrected chi connectivity index (χ1v) is 12.8. The molecule has 34 heavy (non-hydrogen) atoms. The van der Waals surface area contributed by atoms with Crippen molar-refractivity contribution in [1.29, 1.82) is 0 Å². The first kappa shape index (κ1) is 21.4. The Morgan fingerprint density at radius 3 is 2.18 bits per heavy atom. The Morgan fingerprint density at radius 1 is 0.794 bits per heavy atom. The predicted molar refractivity (Wildman–Crippen MR) is 136 cm³/mol. The highest BCUT2D eigenvalue weighted by molar-refractivity contribution is 8.00. The molecule has 1 fully saturated rings. The number of carbonyl (C=O) groups excluding carboxylic acids is 2. The number of hydrogen-bond acceptors (Lipinski definition) is 5. The third-order valence-corrected chi connectivity index (χ3v) is 8.94. The van der Waals surface area contributed by atoms with Crippen LogP contribution in [0.3, 0.4) is 0 Å². The fourth-order valence-electron chi connectivity index (χ4n) is 4.73. The van der Waals surface area contributed by atoms with E-state index >= 15 is 0 Å². The van der Waals surface area contributed by atoms with Crippen LogP contribution < -0.4 is 9.77 Å². The van der Waals surface area contributed by atoms with E-state index < -0.39 is 11.2 Å². The number of nitrogens with zero attached hydrogens (tertiary/aromatic N) is 1. The lowest BCUT2D eigenvalue weighted by molar-refractivity contribution is -0.122. The van der Waals surface area contributed by atoms with Gasteiger partial charge in [0.1, 0.15) is 5.25 Å². The Labute approximate surface area is 208 Å². The molecule has 3 atom stereocenters. The number of rotatable bonds is 3. The van der Waals surface area contributed by atoms with Crippen molar-refractivity contribution < 1.29 is 9.59 Å². The minimum absolute atomic E-state index is 0.183. The van der Waals surface area contributed by atoms with Crippen molar-refractivity contribution in [3.8, 4) is 11.1 Å². The molecule has 2 aliphatic heterocycles. The number of benzene rings is 3. The molecule has 0 unspecified atom stereocenters. The van der Waals surface area contributed by atoms with Crippen molar-refractivity contribution in [2.75, 3.05) is 4.90 Å². The number of fused-ring (bicyclic) bond motifs is 2. The summed E-state index contributed by atoms with van der Waals surface area (Å²) in [6.07, 6.45) is 0. The lowest BCUT2D eigenvalue weighted by atomic mass is 9.82. The number of carbonyl (C=O) groups is 2. The molecule has 1 N–H and O–H groups in total. The van der Waals surface area contributed by atoms with E-state index in [-0.39, 0.29) is 22.6 Å². The highest BCUT2D eigenvalue weighted by Crippen LogP contribution is 2.53. The van der Waals surface area contributed by atoms with E-state index in [1.54, 1.807) is 24.3 Å². The maximum absolute atomic E-state index is 13.7. The number of aromatic amines is 1. The van der Waals surface area contributed by atoms with Crippen LogP contribution in [-0.4, -0.2) is 22.0 Å². The number of aromatic nitrogens is 1. The third kappa shape index (κ3) is 3.43. The number of nitrogens with one attached hydrogen (secondary N) is 1. The molecule has 0 saturated carbocycles. The van der Waals surface area contributed by atoms with Crippen molar-refractivity contribution >= 4 is 52.2 Å². The average Bonchev–Trinajstić information content (AvgIpc) is 3.35. The van der Waals surface area contributed by atoms with Crippen molar-refractivity contribution in [1.82, 2.24) is 4.98 Å². The van der Waals surface area contributed by atoms with Gasteiger partial charge in [-0.25, -0.2) is 4.90 Å². The van der Waals surface area contributed by atoms with Gasteiger partial charge >= 0.3 is 4.87 Å². The number of halogens is 1. The van der Waals surface area contributed by atoms with Gasteiger partial charge in [0.05, 0.1) is 16.6 Å². The van der Waals surface area contributed by atoms with Crippen LogP contribution in [0, 0.1) is 5.92 Å². The Bertz CT molecular complexity index is 1460. The van der Waals surface area contributed by atoms with Gasteiger partial charge in [0.25, 0.3) is 0 Å². The number of hydrogen-bond donors (Lipinski definition) is 1. The molecule has 4 aromatic rings. The number of H-pyrrole nitrogens is 1. The highest BCUT2D eigenvalue weighted by atomic mass is 35.5. The van der Waals surface area contributed by atoms with Gasteiger partial charge in [-0.15, -0.1) is 0 Å². The van der Waals surface area contributed by atoms with E-state index in [4.69, 9.17) is 11.6 Å². The molecule has 168 valence electrons. The molecule has 1 aromatic heterocycles. The van der Waals surface area contributed by atoms with E-state index in [1.807, 2.05) is 54.6 Å². The summed E-state index contributed by atoms with van der Waals surface area (Å²) in [5.41, 5.74) is 3.57. The lowest BCUT2D eigenvalue weighted by Gasteiger charge is -2.29. The molecule has 0 aliphatic carbocycles. The largest absolute Gasteiger partial charge is 0.307 e. The van der Waals surface area contributed by atoms with Gasteiger partial charge in [-0.3, -0.25) is 14.4 Å². The number of imide groups is 1. The Balaban J connectivity index is 1.44. The Kier molecular flexibility index (Phi) is 5.21. The second-order valence-corrected chi connectivity index (χ2v) is 10.8.